The van der Waals surface area contributed by atoms with Gasteiger partial charge in [-0.05, 0) is 67.9 Å². The quantitative estimate of drug-likeness (QED) is 0.601. The van der Waals surface area contributed by atoms with Gasteiger partial charge >= 0.3 is 0 Å². The maximum Gasteiger partial charge on any atom is 0.251 e. The molecule has 0 bridgehead atoms. The van der Waals surface area contributed by atoms with Crippen LogP contribution in [0.3, 0.4) is 0 Å². The molecule has 0 radical (unpaired) electrons. The van der Waals surface area contributed by atoms with E-state index >= 15 is 0 Å². The molecule has 0 atom stereocenters. The van der Waals surface area contributed by atoms with Crippen LogP contribution in [-0.2, 0) is 16.6 Å². The standard InChI is InChI=1S/C23H31N3O4S/c1-25(2)31(28,29)22-12-10-21(11-13-22)30-17-14-24-23(27)20-8-6-19(7-9-20)18-26-15-4-3-5-16-26/h6-13H,3-5,14-18H2,1-2H3,(H,24,27). The maximum absolute atomic E-state index is 12.3. The number of hydrogen-bond donors (Lipinski definition) is 1. The molecule has 0 aromatic heterocycles. The van der Waals surface area contributed by atoms with Crippen molar-refractivity contribution in [1.29, 1.82) is 0 Å². The van der Waals surface area contributed by atoms with Crippen LogP contribution in [-0.4, -0.2) is 63.9 Å². The third kappa shape index (κ3) is 6.53. The molecule has 1 N–H and O–H groups in total. The van der Waals surface area contributed by atoms with Gasteiger partial charge in [-0.2, -0.15) is 0 Å². The maximum atomic E-state index is 12.3. The van der Waals surface area contributed by atoms with Gasteiger partial charge in [0.15, 0.2) is 0 Å². The Labute approximate surface area is 185 Å². The molecule has 1 saturated heterocycles. The molecule has 1 heterocycles. The average Bonchev–Trinajstić information content (AvgIpc) is 2.78. The van der Waals surface area contributed by atoms with Gasteiger partial charge in [-0.15, -0.1) is 0 Å². The van der Waals surface area contributed by atoms with E-state index in [0.717, 1.165) is 19.6 Å². The first-order valence-corrected chi connectivity index (χ1v) is 12.0. The Morgan fingerprint density at radius 3 is 2.26 bits per heavy atom. The summed E-state index contributed by atoms with van der Waals surface area (Å²) in [6.07, 6.45) is 3.85. The number of rotatable bonds is 9. The largest absolute Gasteiger partial charge is 0.492 e. The summed E-state index contributed by atoms with van der Waals surface area (Å²) in [7, 11) is -0.473. The summed E-state index contributed by atoms with van der Waals surface area (Å²) in [6, 6.07) is 14.0. The Hall–Kier alpha value is -2.42. The molecule has 3 rings (SSSR count). The molecule has 31 heavy (non-hydrogen) atoms. The van der Waals surface area contributed by atoms with Crippen molar-refractivity contribution in [3.05, 3.63) is 59.7 Å². The first-order chi connectivity index (χ1) is 14.9. The zero-order valence-electron chi connectivity index (χ0n) is 18.2. The van der Waals surface area contributed by atoms with Gasteiger partial charge in [0.2, 0.25) is 10.0 Å². The molecule has 2 aromatic carbocycles. The van der Waals surface area contributed by atoms with Gasteiger partial charge in [0, 0.05) is 26.2 Å². The minimum atomic E-state index is -3.45. The molecule has 0 unspecified atom stereocenters. The lowest BCUT2D eigenvalue weighted by Gasteiger charge is -2.26. The summed E-state index contributed by atoms with van der Waals surface area (Å²) >= 11 is 0. The van der Waals surface area contributed by atoms with Crippen molar-refractivity contribution in [3.63, 3.8) is 0 Å². The molecule has 1 aliphatic rings. The molecule has 0 spiro atoms. The fourth-order valence-electron chi connectivity index (χ4n) is 3.49. The summed E-state index contributed by atoms with van der Waals surface area (Å²) < 4.78 is 30.9. The van der Waals surface area contributed by atoms with Crippen molar-refractivity contribution in [2.24, 2.45) is 0 Å². The molecule has 7 nitrogen and oxygen atoms in total. The highest BCUT2D eigenvalue weighted by Crippen LogP contribution is 2.18. The fourth-order valence-corrected chi connectivity index (χ4v) is 4.39. The van der Waals surface area contributed by atoms with Gasteiger partial charge in [-0.3, -0.25) is 9.69 Å². The molecule has 1 amide bonds. The van der Waals surface area contributed by atoms with Crippen LogP contribution in [0.1, 0.15) is 35.2 Å². The van der Waals surface area contributed by atoms with E-state index in [2.05, 4.69) is 10.2 Å². The van der Waals surface area contributed by atoms with Crippen molar-refractivity contribution >= 4 is 15.9 Å². The third-order valence-electron chi connectivity index (χ3n) is 5.33. The van der Waals surface area contributed by atoms with Crippen LogP contribution >= 0.6 is 0 Å². The molecular weight excluding hydrogens is 414 g/mol. The first kappa shape index (κ1) is 23.2. The number of carbonyl (C=O) groups excluding carboxylic acids is 1. The van der Waals surface area contributed by atoms with Crippen molar-refractivity contribution in [1.82, 2.24) is 14.5 Å². The second-order valence-electron chi connectivity index (χ2n) is 7.90. The number of sulfonamides is 1. The topological polar surface area (TPSA) is 79.0 Å². The van der Waals surface area contributed by atoms with Crippen LogP contribution in [0.15, 0.2) is 53.4 Å². The fraction of sp³-hybridized carbons (Fsp3) is 0.435. The summed E-state index contributed by atoms with van der Waals surface area (Å²) in [5, 5.41) is 2.84. The summed E-state index contributed by atoms with van der Waals surface area (Å²) in [4.78, 5) is 15.0. The Morgan fingerprint density at radius 1 is 1.00 bits per heavy atom. The minimum absolute atomic E-state index is 0.138. The zero-order chi connectivity index (χ0) is 22.3. The number of piperidine rings is 1. The number of carbonyl (C=O) groups is 1. The highest BCUT2D eigenvalue weighted by Gasteiger charge is 2.16. The smallest absolute Gasteiger partial charge is 0.251 e. The number of nitrogens with one attached hydrogen (secondary N) is 1. The second kappa shape index (κ2) is 10.7. The van der Waals surface area contributed by atoms with Crippen LogP contribution < -0.4 is 10.1 Å². The number of nitrogens with zero attached hydrogens (tertiary/aromatic N) is 2. The number of likely N-dealkylation sites (tertiary alicyclic amines) is 1. The van der Waals surface area contributed by atoms with E-state index in [-0.39, 0.29) is 10.8 Å². The lowest BCUT2D eigenvalue weighted by molar-refractivity contribution is 0.0947. The lowest BCUT2D eigenvalue weighted by Crippen LogP contribution is -2.29. The van der Waals surface area contributed by atoms with E-state index in [1.54, 1.807) is 12.1 Å². The second-order valence-corrected chi connectivity index (χ2v) is 10.0. The van der Waals surface area contributed by atoms with Gasteiger partial charge in [-0.1, -0.05) is 18.6 Å². The Bertz CT molecular complexity index is 951. The minimum Gasteiger partial charge on any atom is -0.492 e. The van der Waals surface area contributed by atoms with Gasteiger partial charge in [0.1, 0.15) is 12.4 Å². The van der Waals surface area contributed by atoms with E-state index < -0.39 is 10.0 Å². The Kier molecular flexibility index (Phi) is 8.06. The molecule has 168 valence electrons. The summed E-state index contributed by atoms with van der Waals surface area (Å²) in [6.45, 7) is 3.88. The molecule has 1 aliphatic heterocycles. The average molecular weight is 446 g/mol. The van der Waals surface area contributed by atoms with Crippen LogP contribution in [0.2, 0.25) is 0 Å². The number of benzene rings is 2. The molecule has 0 aliphatic carbocycles. The highest BCUT2D eigenvalue weighted by molar-refractivity contribution is 7.89. The van der Waals surface area contributed by atoms with E-state index in [9.17, 15) is 13.2 Å². The number of ether oxygens (including phenoxy) is 1. The van der Waals surface area contributed by atoms with Gasteiger partial charge in [0.25, 0.3) is 5.91 Å². The van der Waals surface area contributed by atoms with Crippen LogP contribution in [0.5, 0.6) is 5.75 Å². The van der Waals surface area contributed by atoms with Gasteiger partial charge in [0.05, 0.1) is 11.4 Å². The first-order valence-electron chi connectivity index (χ1n) is 10.6. The monoisotopic (exact) mass is 445 g/mol. The van der Waals surface area contributed by atoms with Gasteiger partial charge in [-0.25, -0.2) is 12.7 Å². The van der Waals surface area contributed by atoms with Crippen molar-refractivity contribution < 1.29 is 17.9 Å². The van der Waals surface area contributed by atoms with Crippen molar-refractivity contribution in [3.8, 4) is 5.75 Å². The predicted molar refractivity (Wildman–Crippen MR) is 121 cm³/mol. The van der Waals surface area contributed by atoms with E-state index in [1.165, 1.54) is 55.4 Å². The number of amides is 1. The third-order valence-corrected chi connectivity index (χ3v) is 7.16. The summed E-state index contributed by atoms with van der Waals surface area (Å²) in [5.74, 6) is 0.412. The van der Waals surface area contributed by atoms with Crippen LogP contribution in [0.4, 0.5) is 0 Å². The SMILES string of the molecule is CN(C)S(=O)(=O)c1ccc(OCCNC(=O)c2ccc(CN3CCCCC3)cc2)cc1. The highest BCUT2D eigenvalue weighted by atomic mass is 32.2. The molecule has 1 fully saturated rings. The summed E-state index contributed by atoms with van der Waals surface area (Å²) in [5.41, 5.74) is 1.85. The van der Waals surface area contributed by atoms with Crippen LogP contribution in [0.25, 0.3) is 0 Å². The lowest BCUT2D eigenvalue weighted by atomic mass is 10.1. The Morgan fingerprint density at radius 2 is 1.65 bits per heavy atom. The number of hydrogen-bond acceptors (Lipinski definition) is 5. The van der Waals surface area contributed by atoms with Gasteiger partial charge < -0.3 is 10.1 Å². The Balaban J connectivity index is 1.41. The van der Waals surface area contributed by atoms with Crippen molar-refractivity contribution in [2.45, 2.75) is 30.7 Å². The molecular formula is C23H31N3O4S. The molecule has 0 saturated carbocycles. The molecule has 2 aromatic rings. The molecule has 8 heteroatoms. The van der Waals surface area contributed by atoms with E-state index in [1.807, 2.05) is 24.3 Å². The normalized spacial score (nSPS) is 15.1. The van der Waals surface area contributed by atoms with Crippen molar-refractivity contribution in [2.75, 3.05) is 40.3 Å². The van der Waals surface area contributed by atoms with E-state index in [4.69, 9.17) is 4.74 Å². The van der Waals surface area contributed by atoms with Crippen LogP contribution in [0, 0.1) is 0 Å². The predicted octanol–water partition coefficient (Wildman–Crippen LogP) is 2.73. The van der Waals surface area contributed by atoms with E-state index in [0.29, 0.717) is 24.5 Å². The zero-order valence-corrected chi connectivity index (χ0v) is 19.0.